The molecule has 68 valence electrons. The standard InChI is InChI=1S/C9H10N2O2/c1-9(2,7-3-5-12-10-7)8-4-6-13-11-8/h3-6H,1-2H3. The van der Waals surface area contributed by atoms with Gasteiger partial charge in [0.2, 0.25) is 0 Å². The van der Waals surface area contributed by atoms with Crippen LogP contribution in [-0.2, 0) is 5.41 Å². The van der Waals surface area contributed by atoms with E-state index in [0.717, 1.165) is 11.4 Å². The van der Waals surface area contributed by atoms with Crippen molar-refractivity contribution < 1.29 is 9.05 Å². The number of rotatable bonds is 2. The Labute approximate surface area is 75.5 Å². The summed E-state index contributed by atoms with van der Waals surface area (Å²) < 4.78 is 9.58. The van der Waals surface area contributed by atoms with E-state index in [1.165, 1.54) is 0 Å². The third-order valence-corrected chi connectivity index (χ3v) is 2.16. The molecule has 0 atom stereocenters. The van der Waals surface area contributed by atoms with E-state index in [4.69, 9.17) is 9.05 Å². The first-order chi connectivity index (χ1) is 6.21. The van der Waals surface area contributed by atoms with E-state index in [9.17, 15) is 0 Å². The maximum absolute atomic E-state index is 4.79. The van der Waals surface area contributed by atoms with Crippen LogP contribution in [0.2, 0.25) is 0 Å². The average molecular weight is 178 g/mol. The van der Waals surface area contributed by atoms with Gasteiger partial charge in [-0.15, -0.1) is 0 Å². The molecule has 0 radical (unpaired) electrons. The van der Waals surface area contributed by atoms with Crippen molar-refractivity contribution in [1.82, 2.24) is 10.3 Å². The molecule has 2 aromatic rings. The van der Waals surface area contributed by atoms with Crippen LogP contribution in [0.25, 0.3) is 0 Å². The molecule has 4 heteroatoms. The number of nitrogens with zero attached hydrogens (tertiary/aromatic N) is 2. The van der Waals surface area contributed by atoms with Gasteiger partial charge >= 0.3 is 0 Å². The van der Waals surface area contributed by atoms with Crippen molar-refractivity contribution >= 4 is 0 Å². The molecule has 0 aliphatic heterocycles. The lowest BCUT2D eigenvalue weighted by Crippen LogP contribution is -2.19. The molecule has 0 aliphatic carbocycles. The maximum Gasteiger partial charge on any atom is 0.124 e. The van der Waals surface area contributed by atoms with Crippen LogP contribution in [0.3, 0.4) is 0 Å². The molecule has 0 fully saturated rings. The van der Waals surface area contributed by atoms with Crippen LogP contribution in [0.1, 0.15) is 25.2 Å². The lowest BCUT2D eigenvalue weighted by Gasteiger charge is -2.17. The highest BCUT2D eigenvalue weighted by Crippen LogP contribution is 2.28. The molecule has 0 saturated heterocycles. The Balaban J connectivity index is 2.42. The van der Waals surface area contributed by atoms with Gasteiger partial charge in [0, 0.05) is 12.1 Å². The maximum atomic E-state index is 4.79. The highest BCUT2D eigenvalue weighted by molar-refractivity contribution is 5.25. The first-order valence-corrected chi connectivity index (χ1v) is 4.03. The summed E-state index contributed by atoms with van der Waals surface area (Å²) >= 11 is 0. The van der Waals surface area contributed by atoms with Crippen LogP contribution < -0.4 is 0 Å². The zero-order chi connectivity index (χ0) is 9.31. The van der Waals surface area contributed by atoms with Gasteiger partial charge in [0.1, 0.15) is 12.5 Å². The van der Waals surface area contributed by atoms with Crippen molar-refractivity contribution in [2.75, 3.05) is 0 Å². The summed E-state index contributed by atoms with van der Waals surface area (Å²) in [5, 5.41) is 7.77. The van der Waals surface area contributed by atoms with Gasteiger partial charge in [-0.3, -0.25) is 0 Å². The second-order valence-corrected chi connectivity index (χ2v) is 3.39. The van der Waals surface area contributed by atoms with Crippen LogP contribution in [0.5, 0.6) is 0 Å². The largest absolute Gasteiger partial charge is 0.364 e. The van der Waals surface area contributed by atoms with Gasteiger partial charge < -0.3 is 9.05 Å². The number of aromatic nitrogens is 2. The highest BCUT2D eigenvalue weighted by Gasteiger charge is 2.28. The molecule has 0 N–H and O–H groups in total. The Kier molecular flexibility index (Phi) is 1.69. The SMILES string of the molecule is CC(C)(c1ccon1)c1ccon1. The Hall–Kier alpha value is -1.58. The van der Waals surface area contributed by atoms with Gasteiger partial charge in [-0.2, -0.15) is 0 Å². The second kappa shape index (κ2) is 2.73. The fraction of sp³-hybridized carbons (Fsp3) is 0.333. The topological polar surface area (TPSA) is 52.1 Å². The summed E-state index contributed by atoms with van der Waals surface area (Å²) in [7, 11) is 0. The minimum absolute atomic E-state index is 0.264. The molecule has 2 aromatic heterocycles. The van der Waals surface area contributed by atoms with Crippen molar-refractivity contribution in [2.45, 2.75) is 19.3 Å². The minimum atomic E-state index is -0.264. The number of hydrogen-bond acceptors (Lipinski definition) is 4. The van der Waals surface area contributed by atoms with Crippen LogP contribution in [0.15, 0.2) is 33.7 Å². The zero-order valence-electron chi connectivity index (χ0n) is 7.52. The Morgan fingerprint density at radius 1 is 1.00 bits per heavy atom. The van der Waals surface area contributed by atoms with Crippen LogP contribution >= 0.6 is 0 Å². The normalized spacial score (nSPS) is 11.8. The zero-order valence-corrected chi connectivity index (χ0v) is 7.52. The average Bonchev–Trinajstić information content (AvgIpc) is 2.78. The van der Waals surface area contributed by atoms with Crippen molar-refractivity contribution in [2.24, 2.45) is 0 Å². The van der Waals surface area contributed by atoms with Crippen molar-refractivity contribution in [3.8, 4) is 0 Å². The van der Waals surface area contributed by atoms with Crippen molar-refractivity contribution in [3.05, 3.63) is 36.0 Å². The first kappa shape index (κ1) is 8.04. The van der Waals surface area contributed by atoms with E-state index in [1.807, 2.05) is 26.0 Å². The van der Waals surface area contributed by atoms with E-state index in [2.05, 4.69) is 10.3 Å². The van der Waals surface area contributed by atoms with Gasteiger partial charge in [0.05, 0.1) is 16.8 Å². The fourth-order valence-corrected chi connectivity index (χ4v) is 1.20. The van der Waals surface area contributed by atoms with E-state index in [1.54, 1.807) is 12.5 Å². The Morgan fingerprint density at radius 3 is 1.77 bits per heavy atom. The molecule has 0 bridgehead atoms. The first-order valence-electron chi connectivity index (χ1n) is 4.03. The second-order valence-electron chi connectivity index (χ2n) is 3.39. The molecular formula is C9H10N2O2. The molecule has 0 aromatic carbocycles. The molecule has 0 amide bonds. The van der Waals surface area contributed by atoms with Gasteiger partial charge in [-0.1, -0.05) is 10.3 Å². The molecule has 13 heavy (non-hydrogen) atoms. The quantitative estimate of drug-likeness (QED) is 0.705. The molecule has 0 saturated carbocycles. The predicted molar refractivity (Wildman–Crippen MR) is 45.1 cm³/mol. The number of hydrogen-bond donors (Lipinski definition) is 0. The van der Waals surface area contributed by atoms with Crippen LogP contribution in [-0.4, -0.2) is 10.3 Å². The summed E-state index contributed by atoms with van der Waals surface area (Å²) in [5.41, 5.74) is 1.43. The van der Waals surface area contributed by atoms with Crippen molar-refractivity contribution in [3.63, 3.8) is 0 Å². The predicted octanol–water partition coefficient (Wildman–Crippen LogP) is 1.99. The summed E-state index contributed by atoms with van der Waals surface area (Å²) in [6.45, 7) is 4.03. The summed E-state index contributed by atoms with van der Waals surface area (Å²) in [6.07, 6.45) is 3.11. The van der Waals surface area contributed by atoms with E-state index < -0.39 is 0 Å². The Bertz CT molecular complexity index is 326. The van der Waals surface area contributed by atoms with Crippen LogP contribution in [0.4, 0.5) is 0 Å². The van der Waals surface area contributed by atoms with E-state index in [-0.39, 0.29) is 5.41 Å². The van der Waals surface area contributed by atoms with Gasteiger partial charge in [0.25, 0.3) is 0 Å². The van der Waals surface area contributed by atoms with E-state index in [0.29, 0.717) is 0 Å². The van der Waals surface area contributed by atoms with E-state index >= 15 is 0 Å². The molecule has 2 rings (SSSR count). The lowest BCUT2D eigenvalue weighted by molar-refractivity contribution is 0.378. The summed E-state index contributed by atoms with van der Waals surface area (Å²) in [5.74, 6) is 0. The molecule has 0 aliphatic rings. The monoisotopic (exact) mass is 178 g/mol. The van der Waals surface area contributed by atoms with Gasteiger partial charge in [-0.25, -0.2) is 0 Å². The van der Waals surface area contributed by atoms with Gasteiger partial charge in [-0.05, 0) is 13.8 Å². The van der Waals surface area contributed by atoms with Crippen LogP contribution in [0, 0.1) is 0 Å². The molecule has 2 heterocycles. The minimum Gasteiger partial charge on any atom is -0.364 e. The molecule has 4 nitrogen and oxygen atoms in total. The van der Waals surface area contributed by atoms with Crippen molar-refractivity contribution in [1.29, 1.82) is 0 Å². The fourth-order valence-electron chi connectivity index (χ4n) is 1.20. The third-order valence-electron chi connectivity index (χ3n) is 2.16. The third kappa shape index (κ3) is 1.24. The summed E-state index contributed by atoms with van der Waals surface area (Å²) in [6, 6.07) is 3.66. The highest BCUT2D eigenvalue weighted by atomic mass is 16.5. The molecular weight excluding hydrogens is 168 g/mol. The molecule has 0 spiro atoms. The summed E-state index contributed by atoms with van der Waals surface area (Å²) in [4.78, 5) is 0. The Morgan fingerprint density at radius 2 is 1.46 bits per heavy atom. The smallest absolute Gasteiger partial charge is 0.124 e. The van der Waals surface area contributed by atoms with Gasteiger partial charge in [0.15, 0.2) is 0 Å². The lowest BCUT2D eigenvalue weighted by atomic mass is 9.86. The molecule has 0 unspecified atom stereocenters.